The number of nitrogens with two attached hydrogens (primary N) is 1. The second-order valence-corrected chi connectivity index (χ2v) is 4.30. The maximum absolute atomic E-state index is 11.4. The van der Waals surface area contributed by atoms with Crippen molar-refractivity contribution in [3.63, 3.8) is 0 Å². The minimum absolute atomic E-state index is 0.157. The Bertz CT molecular complexity index is 267. The molecule has 0 aromatic heterocycles. The average Bonchev–Trinajstić information content (AvgIpc) is 2.16. The summed E-state index contributed by atoms with van der Waals surface area (Å²) < 4.78 is 5.00. The summed E-state index contributed by atoms with van der Waals surface area (Å²) in [6.07, 6.45) is -0.844. The molecule has 100 valence electrons. The highest BCUT2D eigenvalue weighted by Crippen LogP contribution is 2.07. The zero-order valence-electron chi connectivity index (χ0n) is 10.1. The van der Waals surface area contributed by atoms with Gasteiger partial charge in [0.1, 0.15) is 5.60 Å². The molecule has 0 aliphatic carbocycles. The molecule has 0 saturated heterocycles. The predicted octanol–water partition coefficient (Wildman–Crippen LogP) is -0.324. The van der Waals surface area contributed by atoms with Gasteiger partial charge in [0, 0.05) is 19.2 Å². The van der Waals surface area contributed by atoms with E-state index < -0.39 is 23.7 Å². The lowest BCUT2D eigenvalue weighted by Gasteiger charge is -2.25. The van der Waals surface area contributed by atoms with Crippen molar-refractivity contribution in [2.24, 2.45) is 5.73 Å². The molecule has 1 unspecified atom stereocenters. The third kappa shape index (κ3) is 7.53. The molecule has 7 nitrogen and oxygen atoms in total. The number of amides is 1. The molecule has 7 heteroatoms. The molecule has 0 aromatic carbocycles. The van der Waals surface area contributed by atoms with Crippen LogP contribution < -0.4 is 11.1 Å². The number of aliphatic carboxylic acids is 1. The first-order chi connectivity index (χ1) is 7.80. The monoisotopic (exact) mass is 248 g/mol. The Morgan fingerprint density at radius 3 is 2.47 bits per heavy atom. The van der Waals surface area contributed by atoms with Crippen molar-refractivity contribution >= 4 is 12.1 Å². The number of carboxylic acids is 1. The van der Waals surface area contributed by atoms with Crippen LogP contribution in [-0.4, -0.2) is 47.1 Å². The molecule has 1 atom stereocenters. The lowest BCUT2D eigenvalue weighted by Crippen LogP contribution is -2.44. The number of rotatable bonds is 7. The average molecular weight is 248 g/mol. The Morgan fingerprint density at radius 2 is 2.06 bits per heavy atom. The zero-order valence-corrected chi connectivity index (χ0v) is 10.1. The molecule has 17 heavy (non-hydrogen) atoms. The number of ether oxygens (including phenoxy) is 1. The van der Waals surface area contributed by atoms with E-state index in [9.17, 15) is 9.59 Å². The number of aliphatic hydroxyl groups is 1. The van der Waals surface area contributed by atoms with Crippen molar-refractivity contribution in [2.45, 2.75) is 38.3 Å². The summed E-state index contributed by atoms with van der Waals surface area (Å²) >= 11 is 0. The fraction of sp³-hybridized carbons (Fsp3) is 0.800. The maximum atomic E-state index is 11.4. The zero-order chi connectivity index (χ0) is 13.5. The van der Waals surface area contributed by atoms with Gasteiger partial charge < -0.3 is 26.0 Å². The Kier molecular flexibility index (Phi) is 6.52. The van der Waals surface area contributed by atoms with E-state index in [1.54, 1.807) is 13.8 Å². The maximum Gasteiger partial charge on any atom is 0.407 e. The van der Waals surface area contributed by atoms with Crippen LogP contribution >= 0.6 is 0 Å². The lowest BCUT2D eigenvalue weighted by molar-refractivity contribution is -0.137. The summed E-state index contributed by atoms with van der Waals surface area (Å²) in [6, 6.07) is -0.654. The highest BCUT2D eigenvalue weighted by molar-refractivity contribution is 5.71. The van der Waals surface area contributed by atoms with Crippen LogP contribution in [0.25, 0.3) is 0 Å². The normalized spacial score (nSPS) is 12.9. The number of carbonyl (C=O) groups excluding carboxylic acids is 1. The Balaban J connectivity index is 4.25. The van der Waals surface area contributed by atoms with Gasteiger partial charge in [-0.3, -0.25) is 4.79 Å². The highest BCUT2D eigenvalue weighted by atomic mass is 16.6. The van der Waals surface area contributed by atoms with E-state index in [0.29, 0.717) is 0 Å². The largest absolute Gasteiger partial charge is 0.481 e. The lowest BCUT2D eigenvalue weighted by atomic mass is 10.1. The van der Waals surface area contributed by atoms with Crippen LogP contribution in [0.15, 0.2) is 0 Å². The third-order valence-corrected chi connectivity index (χ3v) is 2.08. The van der Waals surface area contributed by atoms with Gasteiger partial charge in [0.2, 0.25) is 0 Å². The van der Waals surface area contributed by atoms with E-state index in [1.807, 2.05) is 0 Å². The molecule has 0 aliphatic rings. The van der Waals surface area contributed by atoms with Crippen LogP contribution in [0.5, 0.6) is 0 Å². The van der Waals surface area contributed by atoms with Gasteiger partial charge in [0.05, 0.1) is 6.42 Å². The van der Waals surface area contributed by atoms with E-state index >= 15 is 0 Å². The summed E-state index contributed by atoms with van der Waals surface area (Å²) in [5.41, 5.74) is 4.58. The summed E-state index contributed by atoms with van der Waals surface area (Å²) in [5, 5.41) is 19.7. The molecule has 0 fully saturated rings. The van der Waals surface area contributed by atoms with Crippen molar-refractivity contribution in [1.29, 1.82) is 0 Å². The van der Waals surface area contributed by atoms with Crippen LogP contribution in [0.1, 0.15) is 26.7 Å². The van der Waals surface area contributed by atoms with Crippen molar-refractivity contribution < 1.29 is 24.5 Å². The molecule has 0 bridgehead atoms. The Labute approximate surface area is 99.9 Å². The van der Waals surface area contributed by atoms with Gasteiger partial charge in [-0.05, 0) is 20.3 Å². The van der Waals surface area contributed by atoms with Crippen LogP contribution in [0, 0.1) is 0 Å². The predicted molar refractivity (Wildman–Crippen MR) is 60.5 cm³/mol. The van der Waals surface area contributed by atoms with Gasteiger partial charge in [-0.2, -0.15) is 0 Å². The number of aliphatic hydroxyl groups excluding tert-OH is 1. The first-order valence-electron chi connectivity index (χ1n) is 5.33. The standard InChI is InChI=1S/C10H20N2O5/c1-10(2,6-11)17-9(16)12-7(3-4-13)5-8(14)15/h7,13H,3-6,11H2,1-2H3,(H,12,16)(H,14,15). The van der Waals surface area contributed by atoms with Gasteiger partial charge in [-0.1, -0.05) is 0 Å². The number of nitrogens with one attached hydrogen (secondary N) is 1. The van der Waals surface area contributed by atoms with Crippen LogP contribution in [-0.2, 0) is 9.53 Å². The van der Waals surface area contributed by atoms with Crippen molar-refractivity contribution in [1.82, 2.24) is 5.32 Å². The molecule has 0 aliphatic heterocycles. The summed E-state index contributed by atoms with van der Waals surface area (Å²) in [7, 11) is 0. The summed E-state index contributed by atoms with van der Waals surface area (Å²) in [6.45, 7) is 3.23. The fourth-order valence-corrected chi connectivity index (χ4v) is 1.08. The van der Waals surface area contributed by atoms with Crippen LogP contribution in [0.3, 0.4) is 0 Å². The summed E-state index contributed by atoms with van der Waals surface area (Å²) in [4.78, 5) is 21.9. The quantitative estimate of drug-likeness (QED) is 0.489. The second-order valence-electron chi connectivity index (χ2n) is 4.30. The van der Waals surface area contributed by atoms with E-state index in [1.165, 1.54) is 0 Å². The van der Waals surface area contributed by atoms with Gasteiger partial charge in [-0.25, -0.2) is 4.79 Å². The molecule has 5 N–H and O–H groups in total. The third-order valence-electron chi connectivity index (χ3n) is 2.08. The number of hydrogen-bond acceptors (Lipinski definition) is 5. The minimum atomic E-state index is -1.05. The molecular weight excluding hydrogens is 228 g/mol. The van der Waals surface area contributed by atoms with E-state index in [0.717, 1.165) is 0 Å². The topological polar surface area (TPSA) is 122 Å². The molecule has 0 radical (unpaired) electrons. The smallest absolute Gasteiger partial charge is 0.407 e. The van der Waals surface area contributed by atoms with Crippen molar-refractivity contribution in [3.8, 4) is 0 Å². The second kappa shape index (κ2) is 7.08. The van der Waals surface area contributed by atoms with Crippen LogP contribution in [0.2, 0.25) is 0 Å². The van der Waals surface area contributed by atoms with E-state index in [4.69, 9.17) is 20.7 Å². The SMILES string of the molecule is CC(C)(CN)OC(=O)NC(CCO)CC(=O)O. The molecule has 0 aromatic rings. The number of carboxylic acid groups (broad SMARTS) is 1. The van der Waals surface area contributed by atoms with Gasteiger partial charge >= 0.3 is 12.1 Å². The number of carbonyl (C=O) groups is 2. The number of hydrogen-bond donors (Lipinski definition) is 4. The first-order valence-corrected chi connectivity index (χ1v) is 5.33. The van der Waals surface area contributed by atoms with Gasteiger partial charge in [0.15, 0.2) is 0 Å². The van der Waals surface area contributed by atoms with E-state index in [2.05, 4.69) is 5.32 Å². The molecule has 0 rings (SSSR count). The molecule has 1 amide bonds. The first kappa shape index (κ1) is 15.7. The fourth-order valence-electron chi connectivity index (χ4n) is 1.08. The van der Waals surface area contributed by atoms with Gasteiger partial charge in [0.25, 0.3) is 0 Å². The summed E-state index contributed by atoms with van der Waals surface area (Å²) in [5.74, 6) is -1.05. The molecule has 0 saturated carbocycles. The Morgan fingerprint density at radius 1 is 1.47 bits per heavy atom. The Hall–Kier alpha value is -1.34. The van der Waals surface area contributed by atoms with Crippen LogP contribution in [0.4, 0.5) is 4.79 Å². The van der Waals surface area contributed by atoms with E-state index in [-0.39, 0.29) is 26.0 Å². The minimum Gasteiger partial charge on any atom is -0.481 e. The molecular formula is C10H20N2O5. The number of alkyl carbamates (subject to hydrolysis) is 1. The molecule has 0 heterocycles. The molecule has 0 spiro atoms. The van der Waals surface area contributed by atoms with Crippen molar-refractivity contribution in [2.75, 3.05) is 13.2 Å². The van der Waals surface area contributed by atoms with Crippen molar-refractivity contribution in [3.05, 3.63) is 0 Å². The highest BCUT2D eigenvalue weighted by Gasteiger charge is 2.23. The van der Waals surface area contributed by atoms with Gasteiger partial charge in [-0.15, -0.1) is 0 Å².